The number of fused-ring (bicyclic) bond motifs is 1. The van der Waals surface area contributed by atoms with Crippen molar-refractivity contribution >= 4 is 40.8 Å². The minimum absolute atomic E-state index is 0.0247. The molecule has 1 aliphatic carbocycles. The van der Waals surface area contributed by atoms with E-state index in [0.717, 1.165) is 25.7 Å². The maximum atomic E-state index is 12.1. The van der Waals surface area contributed by atoms with Crippen LogP contribution in [0.2, 0.25) is 10.0 Å². The number of carboxylic acid groups (broad SMARTS) is 1. The molecule has 1 saturated carbocycles. The number of halogens is 2. The highest BCUT2D eigenvalue weighted by Crippen LogP contribution is 2.42. The molecule has 1 saturated heterocycles. The van der Waals surface area contributed by atoms with Gasteiger partial charge in [0, 0.05) is 65.3 Å². The number of carbonyl (C=O) groups is 2. The van der Waals surface area contributed by atoms with Crippen LogP contribution >= 0.6 is 23.2 Å². The molecule has 1 aliphatic heterocycles. The third-order valence-corrected chi connectivity index (χ3v) is 10.7. The minimum Gasteiger partial charge on any atom is -0.493 e. The number of methoxy groups -OCH3 is 2. The summed E-state index contributed by atoms with van der Waals surface area (Å²) >= 11 is 14.2. The number of carbonyl (C=O) groups excluding carboxylic acids is 1. The van der Waals surface area contributed by atoms with Crippen LogP contribution < -0.4 is 20.1 Å². The van der Waals surface area contributed by atoms with Gasteiger partial charge in [-0.05, 0) is 56.4 Å². The van der Waals surface area contributed by atoms with Crippen molar-refractivity contribution in [1.29, 1.82) is 0 Å². The maximum Gasteiger partial charge on any atom is 0.407 e. The van der Waals surface area contributed by atoms with Crippen molar-refractivity contribution in [2.45, 2.75) is 69.8 Å². The van der Waals surface area contributed by atoms with Crippen LogP contribution in [0, 0.1) is 0 Å². The van der Waals surface area contributed by atoms with Gasteiger partial charge in [0.1, 0.15) is 0 Å². The third-order valence-electron chi connectivity index (χ3n) is 9.93. The molecule has 1 atom stereocenters. The summed E-state index contributed by atoms with van der Waals surface area (Å²) in [6, 6.07) is 12.8. The molecule has 0 spiro atoms. The van der Waals surface area contributed by atoms with Crippen molar-refractivity contribution in [1.82, 2.24) is 40.1 Å². The van der Waals surface area contributed by atoms with Crippen molar-refractivity contribution in [2.24, 2.45) is 0 Å². The van der Waals surface area contributed by atoms with Crippen molar-refractivity contribution in [3.05, 3.63) is 76.3 Å². The summed E-state index contributed by atoms with van der Waals surface area (Å²) in [5.41, 5.74) is 4.73. The molecule has 0 bridgehead atoms. The van der Waals surface area contributed by atoms with E-state index >= 15 is 0 Å². The predicted molar refractivity (Wildman–Crippen MR) is 203 cm³/mol. The van der Waals surface area contributed by atoms with Crippen LogP contribution in [0.15, 0.2) is 54.9 Å². The molecule has 1 unspecified atom stereocenters. The molecule has 0 radical (unpaired) electrons. The Morgan fingerprint density at radius 1 is 1.02 bits per heavy atom. The Hall–Kier alpha value is -5.02. The summed E-state index contributed by atoms with van der Waals surface area (Å²) in [6.45, 7) is 0.659. The molecule has 5 aromatic rings. The Labute approximate surface area is 321 Å². The number of amides is 2. The summed E-state index contributed by atoms with van der Waals surface area (Å²) in [6.07, 6.45) is 6.49. The highest BCUT2D eigenvalue weighted by molar-refractivity contribution is 6.39. The van der Waals surface area contributed by atoms with E-state index in [0.29, 0.717) is 91.9 Å². The van der Waals surface area contributed by atoms with Gasteiger partial charge in [0.15, 0.2) is 17.2 Å². The van der Waals surface area contributed by atoms with E-state index in [4.69, 9.17) is 47.7 Å². The molecule has 16 heteroatoms. The smallest absolute Gasteiger partial charge is 0.407 e. The zero-order valence-corrected chi connectivity index (χ0v) is 31.3. The molecule has 282 valence electrons. The molecule has 2 aliphatic rings. The average molecular weight is 776 g/mol. The van der Waals surface area contributed by atoms with Crippen LogP contribution in [0.1, 0.15) is 49.9 Å². The number of ether oxygens (including phenoxy) is 2. The second kappa shape index (κ2) is 16.1. The summed E-state index contributed by atoms with van der Waals surface area (Å²) in [5.74, 6) is 1.30. The molecule has 14 nitrogen and oxygen atoms in total. The first-order valence-corrected chi connectivity index (χ1v) is 18.5. The van der Waals surface area contributed by atoms with E-state index < -0.39 is 6.09 Å². The summed E-state index contributed by atoms with van der Waals surface area (Å²) in [4.78, 5) is 39.0. The zero-order chi connectivity index (χ0) is 37.9. The monoisotopic (exact) mass is 774 g/mol. The zero-order valence-electron chi connectivity index (χ0n) is 29.8. The minimum atomic E-state index is -1.11. The lowest BCUT2D eigenvalue weighted by atomic mass is 9.93. The molecule has 2 fully saturated rings. The molecule has 5 heterocycles. The molecule has 2 amide bonds. The highest BCUT2D eigenvalue weighted by Gasteiger charge is 2.27. The second-order valence-corrected chi connectivity index (χ2v) is 14.3. The second-order valence-electron chi connectivity index (χ2n) is 13.5. The number of pyridine rings is 3. The van der Waals surface area contributed by atoms with Crippen LogP contribution in [0.4, 0.5) is 4.79 Å². The van der Waals surface area contributed by atoms with Gasteiger partial charge in [-0.1, -0.05) is 41.4 Å². The molecule has 7 rings (SSSR count). The topological polar surface area (TPSA) is 176 Å². The number of nitrogens with zero attached hydrogens (tertiary/aromatic N) is 6. The summed E-state index contributed by atoms with van der Waals surface area (Å²) in [5, 5.41) is 31.5. The van der Waals surface area contributed by atoms with E-state index in [9.17, 15) is 19.8 Å². The Morgan fingerprint density at radius 2 is 1.80 bits per heavy atom. The normalized spacial score (nSPS) is 18.5. The summed E-state index contributed by atoms with van der Waals surface area (Å²) < 4.78 is 13.0. The number of hydrogen-bond acceptors (Lipinski definition) is 10. The maximum absolute atomic E-state index is 12.1. The van der Waals surface area contributed by atoms with Gasteiger partial charge in [-0.2, -0.15) is 0 Å². The van der Waals surface area contributed by atoms with Crippen molar-refractivity contribution in [2.75, 3.05) is 20.8 Å². The van der Waals surface area contributed by atoms with Gasteiger partial charge in [0.25, 0.3) is 0 Å². The lowest BCUT2D eigenvalue weighted by Gasteiger charge is -2.25. The van der Waals surface area contributed by atoms with E-state index in [1.165, 1.54) is 12.0 Å². The summed E-state index contributed by atoms with van der Waals surface area (Å²) in [7, 11) is 3.05. The number of benzene rings is 1. The Morgan fingerprint density at radius 3 is 2.52 bits per heavy atom. The van der Waals surface area contributed by atoms with Crippen LogP contribution in [0.3, 0.4) is 0 Å². The van der Waals surface area contributed by atoms with Gasteiger partial charge in [-0.3, -0.25) is 9.78 Å². The van der Waals surface area contributed by atoms with Crippen molar-refractivity contribution in [3.63, 3.8) is 0 Å². The predicted octanol–water partition coefficient (Wildman–Crippen LogP) is 6.00. The van der Waals surface area contributed by atoms with Gasteiger partial charge >= 0.3 is 6.09 Å². The first kappa shape index (κ1) is 37.3. The lowest BCUT2D eigenvalue weighted by Crippen LogP contribution is -2.41. The van der Waals surface area contributed by atoms with E-state index in [1.807, 2.05) is 30.5 Å². The fraction of sp³-hybridized carbons (Fsp3) is 0.368. The van der Waals surface area contributed by atoms with Gasteiger partial charge in [0.05, 0.1) is 54.8 Å². The van der Waals surface area contributed by atoms with Gasteiger partial charge in [-0.15, -0.1) is 5.10 Å². The first-order chi connectivity index (χ1) is 26.1. The van der Waals surface area contributed by atoms with Crippen molar-refractivity contribution in [3.8, 4) is 45.3 Å². The van der Waals surface area contributed by atoms with Crippen molar-refractivity contribution < 1.29 is 29.3 Å². The van der Waals surface area contributed by atoms with E-state index in [1.54, 1.807) is 36.0 Å². The average Bonchev–Trinajstić information content (AvgIpc) is 3.79. The number of aliphatic hydroxyl groups is 1. The van der Waals surface area contributed by atoms with Gasteiger partial charge in [0.2, 0.25) is 11.8 Å². The van der Waals surface area contributed by atoms with Crippen LogP contribution in [0.5, 0.6) is 11.6 Å². The van der Waals surface area contributed by atoms with Gasteiger partial charge < -0.3 is 35.2 Å². The molecule has 54 heavy (non-hydrogen) atoms. The van der Waals surface area contributed by atoms with Gasteiger partial charge in [-0.25, -0.2) is 19.3 Å². The highest BCUT2D eigenvalue weighted by atomic mass is 35.5. The molecule has 1 aromatic carbocycles. The fourth-order valence-electron chi connectivity index (χ4n) is 7.07. The molecular weight excluding hydrogens is 735 g/mol. The van der Waals surface area contributed by atoms with Crippen LogP contribution in [-0.2, 0) is 17.9 Å². The van der Waals surface area contributed by atoms with E-state index in [2.05, 4.69) is 15.6 Å². The Kier molecular flexibility index (Phi) is 11.2. The third kappa shape index (κ3) is 7.92. The number of hydrogen-bond donors (Lipinski definition) is 4. The standard InChI is InChI=1S/C38H40Cl2N8O6/c1-53-30-16-22(19-48-36(30)45-31(46-48)17-42-23-7-10-25(49)11-8-23)35-34(40)27(14-15-41-35)26-4-3-5-28(33(26)39)29-12-6-21(37(44-29)54-2)18-47(38(51)52)20-24-9-13-32(50)43-24/h3-6,12,14-16,19,23-25,42,49H,7-11,13,17-18,20H2,1-2H3,(H,43,50)(H,51,52). The SMILES string of the molecule is COc1nc(-c2cccc(-c3ccnc(-c4cc(OC)c5nc(CNC6CCC(O)CC6)nn5c4)c3Cl)c2Cl)ccc1CN(CC1CCC(=O)N1)C(=O)O. The number of aromatic nitrogens is 5. The largest absolute Gasteiger partial charge is 0.493 e. The Balaban J connectivity index is 1.15. The quantitative estimate of drug-likeness (QED) is 0.117. The van der Waals surface area contributed by atoms with Crippen LogP contribution in [-0.4, -0.2) is 90.6 Å². The number of nitrogens with one attached hydrogen (secondary N) is 2. The molecule has 4 aromatic heterocycles. The number of aliphatic hydroxyl groups excluding tert-OH is 1. The number of rotatable bonds is 12. The molecule has 4 N–H and O–H groups in total. The first-order valence-electron chi connectivity index (χ1n) is 17.7. The lowest BCUT2D eigenvalue weighted by molar-refractivity contribution is -0.119. The van der Waals surface area contributed by atoms with Crippen LogP contribution in [0.25, 0.3) is 39.3 Å². The Bertz CT molecular complexity index is 2190. The van der Waals surface area contributed by atoms with E-state index in [-0.39, 0.29) is 37.0 Å². The fourth-order valence-corrected chi connectivity index (χ4v) is 7.72. The molecular formula is C38H40Cl2N8O6.